The van der Waals surface area contributed by atoms with Gasteiger partial charge in [0.25, 0.3) is 5.91 Å². The average Bonchev–Trinajstić information content (AvgIpc) is 2.93. The van der Waals surface area contributed by atoms with Crippen molar-refractivity contribution >= 4 is 23.5 Å². The summed E-state index contributed by atoms with van der Waals surface area (Å²) >= 11 is 0. The maximum atomic E-state index is 14.2. The van der Waals surface area contributed by atoms with Gasteiger partial charge in [0.15, 0.2) is 0 Å². The Morgan fingerprint density at radius 3 is 2.51 bits per heavy atom. The highest BCUT2D eigenvalue weighted by molar-refractivity contribution is 5.99. The molecule has 3 N–H and O–H groups in total. The van der Waals surface area contributed by atoms with Crippen LogP contribution in [0.2, 0.25) is 0 Å². The highest BCUT2D eigenvalue weighted by Crippen LogP contribution is 2.28. The number of anilines is 1. The number of aliphatic hydroxyl groups excluding tert-OH is 1. The minimum atomic E-state index is -0.486. The molecule has 4 atom stereocenters. The van der Waals surface area contributed by atoms with Crippen LogP contribution in [-0.2, 0) is 9.53 Å². The second-order valence-electron chi connectivity index (χ2n) is 12.4. The third kappa shape index (κ3) is 12.3. The van der Waals surface area contributed by atoms with Gasteiger partial charge in [0.05, 0.1) is 30.4 Å². The summed E-state index contributed by atoms with van der Waals surface area (Å²) in [6, 6.07) is 4.17. The number of urea groups is 1. The predicted octanol–water partition coefficient (Wildman–Crippen LogP) is 3.81. The fourth-order valence-corrected chi connectivity index (χ4v) is 5.00. The van der Waals surface area contributed by atoms with E-state index in [9.17, 15) is 19.5 Å². The Labute approximate surface area is 258 Å². The number of benzene rings is 1. The minimum Gasteiger partial charge on any atom is -0.490 e. The first-order chi connectivity index (χ1) is 20.3. The van der Waals surface area contributed by atoms with E-state index in [1.807, 2.05) is 41.8 Å². The van der Waals surface area contributed by atoms with Crippen LogP contribution in [0.25, 0.3) is 0 Å². The van der Waals surface area contributed by atoms with Gasteiger partial charge in [-0.1, -0.05) is 6.92 Å². The first kappa shape index (κ1) is 36.3. The molecule has 0 fully saturated rings. The molecule has 0 aliphatic carbocycles. The number of aliphatic hydroxyl groups is 1. The standard InChI is InChI=1S/C32H55N5O6/c1-22(2)33-32(41)34-26-14-15-28-27(18-26)31(40)37(24(4)21-38)19-23(3)29(42-17-10-9-12-25(5)43-28)20-36(8)30(39)13-11-16-35(6)7/h14-15,18,22-25,29,38H,9-13,16-17,19-21H2,1-8H3,(H2,33,34,41)/t23-,24-,25-,29-/m0/s1. The van der Waals surface area contributed by atoms with Crippen molar-refractivity contribution in [1.29, 1.82) is 0 Å². The van der Waals surface area contributed by atoms with E-state index in [0.29, 0.717) is 43.1 Å². The monoisotopic (exact) mass is 605 g/mol. The lowest BCUT2D eigenvalue weighted by Crippen LogP contribution is -2.48. The van der Waals surface area contributed by atoms with Crippen molar-refractivity contribution in [2.24, 2.45) is 5.92 Å². The zero-order valence-corrected chi connectivity index (χ0v) is 27.5. The third-order valence-corrected chi connectivity index (χ3v) is 7.60. The Kier molecular flexibility index (Phi) is 15.2. The van der Waals surface area contributed by atoms with Crippen molar-refractivity contribution < 1.29 is 29.0 Å². The van der Waals surface area contributed by atoms with Crippen LogP contribution in [0, 0.1) is 5.92 Å². The molecular formula is C32H55N5O6. The topological polar surface area (TPSA) is 124 Å². The van der Waals surface area contributed by atoms with Crippen LogP contribution in [0.5, 0.6) is 5.75 Å². The van der Waals surface area contributed by atoms with Gasteiger partial charge in [0.2, 0.25) is 5.91 Å². The summed E-state index contributed by atoms with van der Waals surface area (Å²) in [7, 11) is 5.79. The number of ether oxygens (including phenoxy) is 2. The fraction of sp³-hybridized carbons (Fsp3) is 0.719. The van der Waals surface area contributed by atoms with Crippen LogP contribution in [0.4, 0.5) is 10.5 Å². The van der Waals surface area contributed by atoms with E-state index in [-0.39, 0.29) is 48.6 Å². The second kappa shape index (κ2) is 18.0. The van der Waals surface area contributed by atoms with E-state index >= 15 is 0 Å². The van der Waals surface area contributed by atoms with Crippen molar-refractivity contribution in [3.8, 4) is 5.75 Å². The van der Waals surface area contributed by atoms with Crippen LogP contribution in [0.1, 0.15) is 77.1 Å². The molecule has 1 aromatic carbocycles. The third-order valence-electron chi connectivity index (χ3n) is 7.60. The van der Waals surface area contributed by atoms with Crippen molar-refractivity contribution in [1.82, 2.24) is 20.0 Å². The summed E-state index contributed by atoms with van der Waals surface area (Å²) in [6.07, 6.45) is 3.29. The molecule has 43 heavy (non-hydrogen) atoms. The molecule has 4 amide bonds. The summed E-state index contributed by atoms with van der Waals surface area (Å²) < 4.78 is 12.6. The highest BCUT2D eigenvalue weighted by atomic mass is 16.5. The lowest BCUT2D eigenvalue weighted by molar-refractivity contribution is -0.132. The van der Waals surface area contributed by atoms with Gasteiger partial charge in [-0.15, -0.1) is 0 Å². The predicted molar refractivity (Wildman–Crippen MR) is 170 cm³/mol. The highest BCUT2D eigenvalue weighted by Gasteiger charge is 2.31. The zero-order chi connectivity index (χ0) is 32.1. The Morgan fingerprint density at radius 2 is 1.86 bits per heavy atom. The van der Waals surface area contributed by atoms with Crippen molar-refractivity contribution in [2.45, 2.75) is 91.0 Å². The molecule has 0 radical (unpaired) electrons. The average molecular weight is 606 g/mol. The maximum Gasteiger partial charge on any atom is 0.319 e. The number of nitrogens with one attached hydrogen (secondary N) is 2. The smallest absolute Gasteiger partial charge is 0.319 e. The van der Waals surface area contributed by atoms with Gasteiger partial charge in [0.1, 0.15) is 5.75 Å². The van der Waals surface area contributed by atoms with Gasteiger partial charge < -0.3 is 39.9 Å². The molecule has 1 aromatic rings. The molecular weight excluding hydrogens is 550 g/mol. The lowest BCUT2D eigenvalue weighted by Gasteiger charge is -2.36. The van der Waals surface area contributed by atoms with Crippen LogP contribution in [0.15, 0.2) is 18.2 Å². The van der Waals surface area contributed by atoms with Crippen LogP contribution >= 0.6 is 0 Å². The number of fused-ring (bicyclic) bond motifs is 1. The van der Waals surface area contributed by atoms with Gasteiger partial charge >= 0.3 is 6.03 Å². The van der Waals surface area contributed by atoms with E-state index in [1.54, 1.807) is 42.0 Å². The molecule has 11 nitrogen and oxygen atoms in total. The molecule has 0 aromatic heterocycles. The molecule has 1 aliphatic heterocycles. The first-order valence-electron chi connectivity index (χ1n) is 15.6. The van der Waals surface area contributed by atoms with E-state index in [0.717, 1.165) is 32.2 Å². The van der Waals surface area contributed by atoms with Gasteiger partial charge in [-0.05, 0) is 92.2 Å². The number of likely N-dealkylation sites (N-methyl/N-ethyl adjacent to an activating group) is 1. The SMILES string of the molecule is CC(C)NC(=O)Nc1ccc2c(c1)C(=O)N([C@@H](C)CO)C[C@H](C)[C@H](CN(C)C(=O)CCCN(C)C)OCCCC[C@H](C)O2. The van der Waals surface area contributed by atoms with Crippen LogP contribution < -0.4 is 15.4 Å². The van der Waals surface area contributed by atoms with E-state index in [4.69, 9.17) is 9.47 Å². The van der Waals surface area contributed by atoms with Crippen LogP contribution in [-0.4, -0.2) is 116 Å². The molecule has 0 bridgehead atoms. The summed E-state index contributed by atoms with van der Waals surface area (Å²) in [5, 5.41) is 15.7. The molecule has 0 saturated carbocycles. The number of rotatable bonds is 10. The Bertz CT molecular complexity index is 1040. The molecule has 244 valence electrons. The summed E-state index contributed by atoms with van der Waals surface area (Å²) in [5.41, 5.74) is 0.771. The molecule has 0 spiro atoms. The summed E-state index contributed by atoms with van der Waals surface area (Å²) in [6.45, 7) is 11.4. The number of hydrogen-bond donors (Lipinski definition) is 3. The van der Waals surface area contributed by atoms with Gasteiger partial charge in [-0.3, -0.25) is 9.59 Å². The van der Waals surface area contributed by atoms with Gasteiger partial charge in [-0.2, -0.15) is 0 Å². The largest absolute Gasteiger partial charge is 0.490 e. The van der Waals surface area contributed by atoms with Crippen molar-refractivity contribution in [2.75, 3.05) is 59.3 Å². The Morgan fingerprint density at radius 1 is 1.14 bits per heavy atom. The maximum absolute atomic E-state index is 14.2. The molecule has 1 heterocycles. The van der Waals surface area contributed by atoms with E-state index < -0.39 is 6.04 Å². The van der Waals surface area contributed by atoms with Crippen molar-refractivity contribution in [3.05, 3.63) is 23.8 Å². The summed E-state index contributed by atoms with van der Waals surface area (Å²) in [4.78, 5) is 44.9. The fourth-order valence-electron chi connectivity index (χ4n) is 5.00. The minimum absolute atomic E-state index is 0.0481. The van der Waals surface area contributed by atoms with E-state index in [1.165, 1.54) is 0 Å². The number of hydrogen-bond acceptors (Lipinski definition) is 7. The number of nitrogens with zero attached hydrogens (tertiary/aromatic N) is 3. The van der Waals surface area contributed by atoms with E-state index in [2.05, 4.69) is 15.5 Å². The number of carbonyl (C=O) groups excluding carboxylic acids is 3. The van der Waals surface area contributed by atoms with Gasteiger partial charge in [-0.25, -0.2) is 4.79 Å². The molecule has 0 saturated heterocycles. The molecule has 11 heteroatoms. The van der Waals surface area contributed by atoms with Crippen LogP contribution in [0.3, 0.4) is 0 Å². The van der Waals surface area contributed by atoms with Gasteiger partial charge in [0, 0.05) is 50.8 Å². The zero-order valence-electron chi connectivity index (χ0n) is 27.5. The molecule has 1 aliphatic rings. The second-order valence-corrected chi connectivity index (χ2v) is 12.4. The Balaban J connectivity index is 2.38. The quantitative estimate of drug-likeness (QED) is 0.371. The first-order valence-corrected chi connectivity index (χ1v) is 15.6. The summed E-state index contributed by atoms with van der Waals surface area (Å²) in [5.74, 6) is 0.0462. The molecule has 0 unspecified atom stereocenters. The van der Waals surface area contributed by atoms with Crippen molar-refractivity contribution in [3.63, 3.8) is 0 Å². The molecule has 2 rings (SSSR count). The number of carbonyl (C=O) groups is 3. The Hall–Kier alpha value is -2.89. The normalized spacial score (nSPS) is 21.0. The lowest BCUT2D eigenvalue weighted by atomic mass is 10.0. The number of amides is 4.